The van der Waals surface area contributed by atoms with Gasteiger partial charge < -0.3 is 9.73 Å². The summed E-state index contributed by atoms with van der Waals surface area (Å²) in [6.07, 6.45) is 1.07. The smallest absolute Gasteiger partial charge is 0.277 e. The molecule has 0 unspecified atom stereocenters. The van der Waals surface area contributed by atoms with Gasteiger partial charge in [0.15, 0.2) is 0 Å². The van der Waals surface area contributed by atoms with Crippen molar-refractivity contribution in [2.24, 2.45) is 0 Å². The highest BCUT2D eigenvalue weighted by Crippen LogP contribution is 2.25. The van der Waals surface area contributed by atoms with E-state index in [4.69, 9.17) is 4.42 Å². The van der Waals surface area contributed by atoms with E-state index in [-0.39, 0.29) is 28.3 Å². The second kappa shape index (κ2) is 8.81. The lowest BCUT2D eigenvalue weighted by molar-refractivity contribution is -0.113. The molecule has 5 nitrogen and oxygen atoms in total. The quantitative estimate of drug-likeness (QED) is 0.572. The molecule has 1 atom stereocenters. The second-order valence-electron chi connectivity index (χ2n) is 6.12. The van der Waals surface area contributed by atoms with Crippen LogP contribution in [0.5, 0.6) is 0 Å². The minimum Gasteiger partial charge on any atom is -0.411 e. The molecular formula is C20H20FN3O2S. The molecule has 0 saturated heterocycles. The Morgan fingerprint density at radius 1 is 1.19 bits per heavy atom. The summed E-state index contributed by atoms with van der Waals surface area (Å²) in [5.41, 5.74) is 2.23. The number of thioether (sulfide) groups is 1. The third-order valence-corrected chi connectivity index (χ3v) is 5.03. The molecule has 0 aliphatic carbocycles. The average molecular weight is 385 g/mol. The van der Waals surface area contributed by atoms with Gasteiger partial charge in [-0.05, 0) is 42.2 Å². The lowest BCUT2D eigenvalue weighted by atomic mass is 9.99. The van der Waals surface area contributed by atoms with Gasteiger partial charge in [0.1, 0.15) is 5.82 Å². The van der Waals surface area contributed by atoms with Gasteiger partial charge in [-0.1, -0.05) is 49.9 Å². The van der Waals surface area contributed by atoms with E-state index in [9.17, 15) is 9.18 Å². The van der Waals surface area contributed by atoms with Crippen LogP contribution in [0.15, 0.2) is 58.2 Å². The molecule has 0 aliphatic rings. The number of rotatable bonds is 7. The molecule has 0 bridgehead atoms. The summed E-state index contributed by atoms with van der Waals surface area (Å²) >= 11 is 1.11. The monoisotopic (exact) mass is 385 g/mol. The van der Waals surface area contributed by atoms with Crippen LogP contribution in [0.25, 0.3) is 11.5 Å². The number of carbonyl (C=O) groups excluding carboxylic acids is 1. The van der Waals surface area contributed by atoms with Crippen molar-refractivity contribution < 1.29 is 13.6 Å². The molecule has 0 radical (unpaired) electrons. The van der Waals surface area contributed by atoms with Crippen molar-refractivity contribution in [2.75, 3.05) is 11.1 Å². The van der Waals surface area contributed by atoms with Gasteiger partial charge in [0.2, 0.25) is 5.91 Å². The zero-order valence-electron chi connectivity index (χ0n) is 15.1. The van der Waals surface area contributed by atoms with Crippen molar-refractivity contribution in [3.05, 3.63) is 59.9 Å². The number of nitrogens with one attached hydrogen (secondary N) is 1. The zero-order chi connectivity index (χ0) is 19.2. The van der Waals surface area contributed by atoms with Crippen molar-refractivity contribution in [3.63, 3.8) is 0 Å². The predicted octanol–water partition coefficient (Wildman–Crippen LogP) is 5.12. The Bertz CT molecular complexity index is 912. The van der Waals surface area contributed by atoms with Crippen molar-refractivity contribution in [3.8, 4) is 11.5 Å². The third-order valence-electron chi connectivity index (χ3n) is 4.21. The first-order chi connectivity index (χ1) is 13.1. The van der Waals surface area contributed by atoms with E-state index in [1.165, 1.54) is 11.6 Å². The summed E-state index contributed by atoms with van der Waals surface area (Å²) in [6.45, 7) is 4.32. The highest BCUT2D eigenvalue weighted by Gasteiger charge is 2.14. The van der Waals surface area contributed by atoms with Crippen molar-refractivity contribution >= 4 is 23.4 Å². The van der Waals surface area contributed by atoms with Gasteiger partial charge in [-0.3, -0.25) is 4.79 Å². The molecule has 3 rings (SSSR count). The van der Waals surface area contributed by atoms with E-state index in [0.29, 0.717) is 5.92 Å². The van der Waals surface area contributed by atoms with Crippen molar-refractivity contribution in [1.82, 2.24) is 10.2 Å². The van der Waals surface area contributed by atoms with Gasteiger partial charge in [-0.2, -0.15) is 0 Å². The highest BCUT2D eigenvalue weighted by atomic mass is 32.2. The molecule has 7 heteroatoms. The van der Waals surface area contributed by atoms with Crippen molar-refractivity contribution in [1.29, 1.82) is 0 Å². The molecule has 27 heavy (non-hydrogen) atoms. The van der Waals surface area contributed by atoms with Crippen LogP contribution in [0.2, 0.25) is 0 Å². The number of benzene rings is 2. The zero-order valence-corrected chi connectivity index (χ0v) is 15.9. The molecule has 1 amide bonds. The van der Waals surface area contributed by atoms with E-state index in [0.717, 1.165) is 23.9 Å². The Kier molecular flexibility index (Phi) is 6.24. The van der Waals surface area contributed by atoms with Gasteiger partial charge in [0.05, 0.1) is 11.3 Å². The maximum atomic E-state index is 13.7. The maximum absolute atomic E-state index is 13.7. The minimum absolute atomic E-state index is 0.0941. The first-order valence-corrected chi connectivity index (χ1v) is 9.66. The number of nitrogens with zero attached hydrogens (tertiary/aromatic N) is 2. The van der Waals surface area contributed by atoms with Crippen LogP contribution >= 0.6 is 11.8 Å². The third kappa shape index (κ3) is 4.95. The molecule has 0 spiro atoms. The van der Waals surface area contributed by atoms with E-state index in [1.54, 1.807) is 18.2 Å². The second-order valence-corrected chi connectivity index (χ2v) is 7.05. The molecule has 0 saturated carbocycles. The molecule has 0 fully saturated rings. The molecule has 1 N–H and O–H groups in total. The minimum atomic E-state index is -0.434. The Morgan fingerprint density at radius 3 is 2.63 bits per heavy atom. The van der Waals surface area contributed by atoms with E-state index >= 15 is 0 Å². The normalized spacial score (nSPS) is 12.0. The van der Waals surface area contributed by atoms with Gasteiger partial charge >= 0.3 is 0 Å². The van der Waals surface area contributed by atoms with E-state index in [1.807, 2.05) is 24.3 Å². The first kappa shape index (κ1) is 19.1. The molecule has 1 aromatic heterocycles. The van der Waals surface area contributed by atoms with Crippen LogP contribution in [0.4, 0.5) is 10.1 Å². The van der Waals surface area contributed by atoms with Crippen LogP contribution in [-0.4, -0.2) is 21.9 Å². The molecular weight excluding hydrogens is 365 g/mol. The fraction of sp³-hybridized carbons (Fsp3) is 0.250. The van der Waals surface area contributed by atoms with E-state index < -0.39 is 5.82 Å². The Hall–Kier alpha value is -2.67. The number of hydrogen-bond acceptors (Lipinski definition) is 5. The van der Waals surface area contributed by atoms with E-state index in [2.05, 4.69) is 29.4 Å². The molecule has 0 aliphatic heterocycles. The molecule has 3 aromatic rings. The number of amides is 1. The number of anilines is 1. The summed E-state index contributed by atoms with van der Waals surface area (Å²) in [5.74, 6) is 0.0905. The van der Waals surface area contributed by atoms with Gasteiger partial charge in [-0.25, -0.2) is 4.39 Å². The lowest BCUT2D eigenvalue weighted by Gasteiger charge is -2.10. The number of halogens is 1. The van der Waals surface area contributed by atoms with Crippen LogP contribution in [0.1, 0.15) is 31.7 Å². The summed E-state index contributed by atoms with van der Waals surface area (Å²) in [7, 11) is 0. The van der Waals surface area contributed by atoms with Crippen LogP contribution in [0, 0.1) is 5.82 Å². The molecule has 140 valence electrons. The average Bonchev–Trinajstić information content (AvgIpc) is 3.15. The SMILES string of the molecule is CC[C@@H](C)c1ccc(NC(=O)CSc2nnc(-c3ccccc3F)o2)cc1. The predicted molar refractivity (Wildman–Crippen MR) is 104 cm³/mol. The summed E-state index contributed by atoms with van der Waals surface area (Å²) < 4.78 is 19.2. The largest absolute Gasteiger partial charge is 0.411 e. The maximum Gasteiger partial charge on any atom is 0.277 e. The fourth-order valence-corrected chi connectivity index (χ4v) is 3.03. The number of aromatic nitrogens is 2. The number of hydrogen-bond donors (Lipinski definition) is 1. The van der Waals surface area contributed by atoms with Crippen molar-refractivity contribution in [2.45, 2.75) is 31.4 Å². The Labute approximate surface area is 161 Å². The topological polar surface area (TPSA) is 68.0 Å². The summed E-state index contributed by atoms with van der Waals surface area (Å²) in [5, 5.41) is 10.7. The van der Waals surface area contributed by atoms with Gasteiger partial charge in [0, 0.05) is 5.69 Å². The fourth-order valence-electron chi connectivity index (χ4n) is 2.47. The summed E-state index contributed by atoms with van der Waals surface area (Å²) in [6, 6.07) is 14.0. The molecule has 2 aromatic carbocycles. The number of carbonyl (C=O) groups is 1. The van der Waals surface area contributed by atoms with Crippen LogP contribution < -0.4 is 5.32 Å². The summed E-state index contributed by atoms with van der Waals surface area (Å²) in [4.78, 5) is 12.1. The highest BCUT2D eigenvalue weighted by molar-refractivity contribution is 7.99. The molecule has 1 heterocycles. The Morgan fingerprint density at radius 2 is 1.93 bits per heavy atom. The Balaban J connectivity index is 1.55. The van der Waals surface area contributed by atoms with Gasteiger partial charge in [0.25, 0.3) is 11.1 Å². The lowest BCUT2D eigenvalue weighted by Crippen LogP contribution is -2.14. The van der Waals surface area contributed by atoms with Crippen LogP contribution in [-0.2, 0) is 4.79 Å². The van der Waals surface area contributed by atoms with Gasteiger partial charge in [-0.15, -0.1) is 10.2 Å². The standard InChI is InChI=1S/C20H20FN3O2S/c1-3-13(2)14-8-10-15(11-9-14)22-18(25)12-27-20-24-23-19(26-20)16-6-4-5-7-17(16)21/h4-11,13H,3,12H2,1-2H3,(H,22,25)/t13-/m1/s1. The first-order valence-electron chi connectivity index (χ1n) is 8.68. The van der Waals surface area contributed by atoms with Crippen LogP contribution in [0.3, 0.4) is 0 Å².